The fourth-order valence-electron chi connectivity index (χ4n) is 8.40. The van der Waals surface area contributed by atoms with Crippen LogP contribution < -0.4 is 0 Å². The zero-order chi connectivity index (χ0) is 22.1. The molecule has 0 radical (unpaired) electrons. The molecule has 0 aromatic heterocycles. The summed E-state index contributed by atoms with van der Waals surface area (Å²) < 4.78 is 0. The molecule has 0 aromatic carbocycles. The summed E-state index contributed by atoms with van der Waals surface area (Å²) >= 11 is 0. The van der Waals surface area contributed by atoms with Gasteiger partial charge in [-0.3, -0.25) is 0 Å². The molecule has 176 valence electrons. The van der Waals surface area contributed by atoms with Crippen molar-refractivity contribution in [3.05, 3.63) is 0 Å². The summed E-state index contributed by atoms with van der Waals surface area (Å²) in [5, 5.41) is 31.0. The van der Waals surface area contributed by atoms with Gasteiger partial charge in [0.25, 0.3) is 0 Å². The number of hydrogen-bond donors (Lipinski definition) is 3. The maximum Gasteiger partial charge on any atom is 0.0621 e. The third kappa shape index (κ3) is 4.64. The Balaban J connectivity index is 1.76. The van der Waals surface area contributed by atoms with Crippen molar-refractivity contribution >= 4 is 0 Å². The highest BCUT2D eigenvalue weighted by Gasteiger charge is 2.58. The monoisotopic (exact) mass is 422 g/mol. The Hall–Kier alpha value is -0.120. The van der Waals surface area contributed by atoms with Gasteiger partial charge in [0.2, 0.25) is 0 Å². The largest absolute Gasteiger partial charge is 0.396 e. The highest BCUT2D eigenvalue weighted by molar-refractivity contribution is 5.07. The predicted molar refractivity (Wildman–Crippen MR) is 124 cm³/mol. The molecular formula is C27H50O3. The van der Waals surface area contributed by atoms with Crippen LogP contribution in [-0.4, -0.2) is 34.1 Å². The van der Waals surface area contributed by atoms with E-state index in [1.807, 2.05) is 0 Å². The molecule has 0 aromatic rings. The summed E-state index contributed by atoms with van der Waals surface area (Å²) in [6.45, 7) is 12.3. The van der Waals surface area contributed by atoms with Crippen molar-refractivity contribution in [2.75, 3.05) is 6.61 Å². The summed E-state index contributed by atoms with van der Waals surface area (Å²) in [6.07, 6.45) is 11.5. The van der Waals surface area contributed by atoms with Gasteiger partial charge in [-0.2, -0.15) is 0 Å². The highest BCUT2D eigenvalue weighted by atomic mass is 16.3. The second-order valence-corrected chi connectivity index (χ2v) is 12.4. The van der Waals surface area contributed by atoms with E-state index < -0.39 is 6.10 Å². The van der Waals surface area contributed by atoms with Crippen molar-refractivity contribution in [1.82, 2.24) is 0 Å². The molecule has 0 saturated heterocycles. The Kier molecular flexibility index (Phi) is 8.00. The van der Waals surface area contributed by atoms with Gasteiger partial charge in [-0.25, -0.2) is 0 Å². The molecule has 0 spiro atoms. The van der Waals surface area contributed by atoms with Crippen molar-refractivity contribution in [1.29, 1.82) is 0 Å². The van der Waals surface area contributed by atoms with Crippen LogP contribution in [0.5, 0.6) is 0 Å². The average Bonchev–Trinajstić information content (AvgIpc) is 3.02. The summed E-state index contributed by atoms with van der Waals surface area (Å²) in [4.78, 5) is 0. The van der Waals surface area contributed by atoms with Crippen molar-refractivity contribution < 1.29 is 15.3 Å². The number of aliphatic hydroxyl groups is 3. The van der Waals surface area contributed by atoms with E-state index in [4.69, 9.17) is 0 Å². The number of aliphatic hydroxyl groups excluding tert-OH is 3. The molecule has 3 fully saturated rings. The van der Waals surface area contributed by atoms with E-state index in [0.717, 1.165) is 37.0 Å². The second kappa shape index (κ2) is 9.79. The van der Waals surface area contributed by atoms with Crippen LogP contribution in [0.2, 0.25) is 0 Å². The smallest absolute Gasteiger partial charge is 0.0621 e. The number of fused-ring (bicyclic) bond motifs is 1. The van der Waals surface area contributed by atoms with E-state index in [0.29, 0.717) is 29.6 Å². The van der Waals surface area contributed by atoms with E-state index in [1.54, 1.807) is 0 Å². The van der Waals surface area contributed by atoms with Crippen LogP contribution in [0.15, 0.2) is 0 Å². The van der Waals surface area contributed by atoms with Crippen LogP contribution in [0, 0.1) is 46.3 Å². The van der Waals surface area contributed by atoms with Crippen molar-refractivity contribution in [2.24, 2.45) is 46.3 Å². The summed E-state index contributed by atoms with van der Waals surface area (Å²) in [5.74, 6) is 4.06. The van der Waals surface area contributed by atoms with Gasteiger partial charge in [-0.05, 0) is 97.7 Å². The lowest BCUT2D eigenvalue weighted by atomic mass is 9.49. The fraction of sp³-hybridized carbons (Fsp3) is 1.00. The van der Waals surface area contributed by atoms with Gasteiger partial charge in [0.05, 0.1) is 12.2 Å². The van der Waals surface area contributed by atoms with Crippen LogP contribution in [0.25, 0.3) is 0 Å². The quantitative estimate of drug-likeness (QED) is 0.463. The van der Waals surface area contributed by atoms with E-state index in [2.05, 4.69) is 34.6 Å². The van der Waals surface area contributed by atoms with Gasteiger partial charge in [-0.15, -0.1) is 0 Å². The Labute approximate surface area is 186 Å². The third-order valence-electron chi connectivity index (χ3n) is 10.2. The molecule has 3 aliphatic rings. The third-order valence-corrected chi connectivity index (χ3v) is 10.2. The van der Waals surface area contributed by atoms with Gasteiger partial charge >= 0.3 is 0 Å². The predicted octanol–water partition coefficient (Wildman–Crippen LogP) is 5.80. The summed E-state index contributed by atoms with van der Waals surface area (Å²) in [5.41, 5.74) is 0.282. The van der Waals surface area contributed by atoms with Crippen LogP contribution in [0.1, 0.15) is 105 Å². The SMILES string of the molecule is CC(C)CCC[C@@H](C)[C@H]1CC[C@H]2[C@H](CCO)[C@@H]([C@@]3(C)CC[C@H](O)C[C@@H]3O)CC[C@]12C. The lowest BCUT2D eigenvalue weighted by molar-refractivity contribution is -0.131. The molecule has 0 heterocycles. The second-order valence-electron chi connectivity index (χ2n) is 12.4. The zero-order valence-corrected chi connectivity index (χ0v) is 20.4. The molecule has 3 heteroatoms. The first kappa shape index (κ1) is 24.5. The highest BCUT2D eigenvalue weighted by Crippen LogP contribution is 2.65. The maximum absolute atomic E-state index is 11.0. The standard InChI is InChI=1S/C27H50O3/c1-18(2)7-6-8-19(3)22-9-10-23-21(13-16-28)24(12-15-26(22,23)4)27(5)14-11-20(29)17-25(27)30/h18-25,28-30H,6-17H2,1-5H3/t19-,20+,21+,22-,23+,24+,25+,26-,27-/m1/s1. The first-order valence-electron chi connectivity index (χ1n) is 13.1. The maximum atomic E-state index is 11.0. The minimum atomic E-state index is -0.413. The molecule has 3 rings (SSSR count). The van der Waals surface area contributed by atoms with Crippen LogP contribution in [-0.2, 0) is 0 Å². The topological polar surface area (TPSA) is 60.7 Å². The summed E-state index contributed by atoms with van der Waals surface area (Å²) in [7, 11) is 0. The number of rotatable bonds is 8. The van der Waals surface area contributed by atoms with E-state index in [1.165, 1.54) is 44.9 Å². The minimum Gasteiger partial charge on any atom is -0.396 e. The van der Waals surface area contributed by atoms with Gasteiger partial charge < -0.3 is 15.3 Å². The van der Waals surface area contributed by atoms with Crippen LogP contribution in [0.3, 0.4) is 0 Å². The molecule has 30 heavy (non-hydrogen) atoms. The zero-order valence-electron chi connectivity index (χ0n) is 20.4. The minimum absolute atomic E-state index is 0.110. The van der Waals surface area contributed by atoms with E-state index in [-0.39, 0.29) is 18.1 Å². The molecule has 3 N–H and O–H groups in total. The van der Waals surface area contributed by atoms with Crippen molar-refractivity contribution in [3.63, 3.8) is 0 Å². The first-order chi connectivity index (χ1) is 14.1. The van der Waals surface area contributed by atoms with Crippen LogP contribution in [0.4, 0.5) is 0 Å². The van der Waals surface area contributed by atoms with Crippen molar-refractivity contribution in [2.45, 2.75) is 117 Å². The van der Waals surface area contributed by atoms with Crippen molar-refractivity contribution in [3.8, 4) is 0 Å². The molecule has 0 bridgehead atoms. The Morgan fingerprint density at radius 2 is 1.53 bits per heavy atom. The van der Waals surface area contributed by atoms with Gasteiger partial charge in [0.15, 0.2) is 0 Å². The van der Waals surface area contributed by atoms with Crippen LogP contribution >= 0.6 is 0 Å². The van der Waals surface area contributed by atoms with Gasteiger partial charge in [-0.1, -0.05) is 53.9 Å². The van der Waals surface area contributed by atoms with E-state index >= 15 is 0 Å². The Bertz CT molecular complexity index is 548. The first-order valence-corrected chi connectivity index (χ1v) is 13.1. The Morgan fingerprint density at radius 1 is 0.867 bits per heavy atom. The normalized spacial score (nSPS) is 45.5. The molecular weight excluding hydrogens is 372 g/mol. The molecule has 0 amide bonds. The van der Waals surface area contributed by atoms with Gasteiger partial charge in [0, 0.05) is 6.61 Å². The van der Waals surface area contributed by atoms with E-state index in [9.17, 15) is 15.3 Å². The summed E-state index contributed by atoms with van der Waals surface area (Å²) in [6, 6.07) is 0. The lowest BCUT2D eigenvalue weighted by Crippen LogP contribution is -2.53. The molecule has 9 atom stereocenters. The van der Waals surface area contributed by atoms with Gasteiger partial charge in [0.1, 0.15) is 0 Å². The molecule has 3 aliphatic carbocycles. The average molecular weight is 423 g/mol. The molecule has 3 nitrogen and oxygen atoms in total. The molecule has 0 unspecified atom stereocenters. The Morgan fingerprint density at radius 3 is 2.17 bits per heavy atom. The fourth-order valence-corrected chi connectivity index (χ4v) is 8.40. The number of hydrogen-bond acceptors (Lipinski definition) is 3. The molecule has 0 aliphatic heterocycles. The lowest BCUT2D eigenvalue weighted by Gasteiger charge is -2.57. The molecule has 3 saturated carbocycles.